The van der Waals surface area contributed by atoms with Gasteiger partial charge in [-0.1, -0.05) is 45.0 Å². The molecular formula is C28H40N4O. The van der Waals surface area contributed by atoms with Gasteiger partial charge in [0.2, 0.25) is 0 Å². The summed E-state index contributed by atoms with van der Waals surface area (Å²) < 4.78 is 0. The molecule has 1 unspecified atom stereocenters. The number of carbonyl (C=O) groups is 1. The number of fused-ring (bicyclic) bond motifs is 1. The Morgan fingerprint density at radius 3 is 2.33 bits per heavy atom. The summed E-state index contributed by atoms with van der Waals surface area (Å²) in [7, 11) is 4.37. The second-order valence-electron chi connectivity index (χ2n) is 10.8. The van der Waals surface area contributed by atoms with Crippen LogP contribution in [0.3, 0.4) is 0 Å². The fourth-order valence-corrected chi connectivity index (χ4v) is 5.02. The van der Waals surface area contributed by atoms with Gasteiger partial charge in [0, 0.05) is 57.6 Å². The van der Waals surface area contributed by atoms with Crippen molar-refractivity contribution < 1.29 is 4.79 Å². The highest BCUT2D eigenvalue weighted by molar-refractivity contribution is 5.94. The van der Waals surface area contributed by atoms with Crippen molar-refractivity contribution in [2.45, 2.75) is 45.1 Å². The van der Waals surface area contributed by atoms with E-state index < -0.39 is 0 Å². The maximum absolute atomic E-state index is 13.0. The van der Waals surface area contributed by atoms with Gasteiger partial charge in [-0.2, -0.15) is 0 Å². The minimum Gasteiger partial charge on any atom is -0.374 e. The smallest absolute Gasteiger partial charge is 0.251 e. The molecular weight excluding hydrogens is 408 g/mol. The van der Waals surface area contributed by atoms with Crippen LogP contribution in [-0.4, -0.2) is 69.1 Å². The van der Waals surface area contributed by atoms with E-state index in [0.29, 0.717) is 6.54 Å². The van der Waals surface area contributed by atoms with Gasteiger partial charge in [-0.05, 0) is 60.2 Å². The van der Waals surface area contributed by atoms with Gasteiger partial charge in [-0.15, -0.1) is 0 Å². The standard InChI is InChI=1S/C28H40N4O/c1-28(2,3)24-11-8-21(9-12-24)27(33)29-20-26(32-17-15-30(4)16-18-32)23-10-13-25-22(19-23)7-6-14-31(25)5/h8-13,19,26H,6-7,14-18,20H2,1-5H3,(H,29,33). The summed E-state index contributed by atoms with van der Waals surface area (Å²) >= 11 is 0. The highest BCUT2D eigenvalue weighted by Gasteiger charge is 2.26. The summed E-state index contributed by atoms with van der Waals surface area (Å²) in [6.45, 7) is 12.5. The summed E-state index contributed by atoms with van der Waals surface area (Å²) in [5, 5.41) is 3.25. The number of hydrogen-bond donors (Lipinski definition) is 1. The maximum atomic E-state index is 13.0. The number of aryl methyl sites for hydroxylation is 1. The molecule has 178 valence electrons. The number of nitrogens with one attached hydrogen (secondary N) is 1. The molecule has 2 heterocycles. The van der Waals surface area contributed by atoms with Crippen LogP contribution in [0.4, 0.5) is 5.69 Å². The quantitative estimate of drug-likeness (QED) is 0.748. The van der Waals surface area contributed by atoms with E-state index in [0.717, 1.165) is 44.7 Å². The Labute approximate surface area is 199 Å². The zero-order valence-electron chi connectivity index (χ0n) is 21.0. The zero-order valence-corrected chi connectivity index (χ0v) is 21.0. The Kier molecular flexibility index (Phi) is 7.10. The first-order valence-electron chi connectivity index (χ1n) is 12.4. The van der Waals surface area contributed by atoms with Crippen LogP contribution in [0.15, 0.2) is 42.5 Å². The zero-order chi connectivity index (χ0) is 23.6. The molecule has 33 heavy (non-hydrogen) atoms. The third kappa shape index (κ3) is 5.59. The Balaban J connectivity index is 1.51. The number of amides is 1. The number of carbonyl (C=O) groups excluding carboxylic acids is 1. The van der Waals surface area contributed by atoms with E-state index in [1.807, 2.05) is 12.1 Å². The lowest BCUT2D eigenvalue weighted by molar-refractivity contribution is 0.0886. The van der Waals surface area contributed by atoms with Crippen LogP contribution in [0.5, 0.6) is 0 Å². The summed E-state index contributed by atoms with van der Waals surface area (Å²) in [6, 6.07) is 15.2. The largest absolute Gasteiger partial charge is 0.374 e. The Bertz CT molecular complexity index is 955. The Morgan fingerprint density at radius 1 is 0.970 bits per heavy atom. The molecule has 2 aliphatic heterocycles. The fraction of sp³-hybridized carbons (Fsp3) is 0.536. The van der Waals surface area contributed by atoms with Gasteiger partial charge in [-0.3, -0.25) is 9.69 Å². The van der Waals surface area contributed by atoms with Crippen molar-refractivity contribution in [2.24, 2.45) is 0 Å². The Hall–Kier alpha value is -2.37. The van der Waals surface area contributed by atoms with Crippen LogP contribution in [0.25, 0.3) is 0 Å². The molecule has 1 fully saturated rings. The van der Waals surface area contributed by atoms with Gasteiger partial charge in [0.15, 0.2) is 0 Å². The molecule has 4 rings (SSSR count). The van der Waals surface area contributed by atoms with E-state index in [9.17, 15) is 4.79 Å². The second-order valence-corrected chi connectivity index (χ2v) is 10.8. The number of piperazine rings is 1. The van der Waals surface area contributed by atoms with Crippen molar-refractivity contribution in [3.8, 4) is 0 Å². The van der Waals surface area contributed by atoms with Crippen LogP contribution in [0, 0.1) is 0 Å². The van der Waals surface area contributed by atoms with Crippen molar-refractivity contribution in [3.63, 3.8) is 0 Å². The average molecular weight is 449 g/mol. The number of nitrogens with zero attached hydrogens (tertiary/aromatic N) is 3. The third-order valence-electron chi connectivity index (χ3n) is 7.29. The molecule has 2 aromatic rings. The summed E-state index contributed by atoms with van der Waals surface area (Å²) in [5.74, 6) is 0.00674. The predicted octanol–water partition coefficient (Wildman–Crippen LogP) is 4.09. The SMILES string of the molecule is CN1CCN(C(CNC(=O)c2ccc(C(C)(C)C)cc2)c2ccc3c(c2)CCCN3C)CC1. The van der Waals surface area contributed by atoms with Gasteiger partial charge in [0.1, 0.15) is 0 Å². The van der Waals surface area contributed by atoms with Gasteiger partial charge in [0.25, 0.3) is 5.91 Å². The van der Waals surface area contributed by atoms with Crippen molar-refractivity contribution >= 4 is 11.6 Å². The lowest BCUT2D eigenvalue weighted by Gasteiger charge is -2.39. The van der Waals surface area contributed by atoms with Crippen molar-refractivity contribution in [1.82, 2.24) is 15.1 Å². The molecule has 1 N–H and O–H groups in total. The molecule has 5 nitrogen and oxygen atoms in total. The molecule has 2 aromatic carbocycles. The molecule has 1 saturated heterocycles. The van der Waals surface area contributed by atoms with Gasteiger partial charge in [0.05, 0.1) is 6.04 Å². The Morgan fingerprint density at radius 2 is 1.67 bits per heavy atom. The highest BCUT2D eigenvalue weighted by Crippen LogP contribution is 2.31. The molecule has 1 atom stereocenters. The van der Waals surface area contributed by atoms with E-state index in [-0.39, 0.29) is 17.4 Å². The molecule has 1 amide bonds. The number of likely N-dealkylation sites (N-methyl/N-ethyl adjacent to an activating group) is 1. The highest BCUT2D eigenvalue weighted by atomic mass is 16.1. The van der Waals surface area contributed by atoms with Crippen LogP contribution < -0.4 is 10.2 Å². The molecule has 5 heteroatoms. The number of rotatable bonds is 5. The third-order valence-corrected chi connectivity index (χ3v) is 7.29. The van der Waals surface area contributed by atoms with E-state index >= 15 is 0 Å². The molecule has 2 aliphatic rings. The average Bonchev–Trinajstić information content (AvgIpc) is 2.80. The van der Waals surface area contributed by atoms with Gasteiger partial charge >= 0.3 is 0 Å². The molecule has 0 spiro atoms. The summed E-state index contributed by atoms with van der Waals surface area (Å²) in [6.07, 6.45) is 2.34. The normalized spacial score (nSPS) is 18.6. The van der Waals surface area contributed by atoms with Crippen LogP contribution in [0.1, 0.15) is 60.3 Å². The number of anilines is 1. The number of hydrogen-bond acceptors (Lipinski definition) is 4. The van der Waals surface area contributed by atoms with Crippen LogP contribution in [0.2, 0.25) is 0 Å². The topological polar surface area (TPSA) is 38.8 Å². The summed E-state index contributed by atoms with van der Waals surface area (Å²) in [5.41, 5.74) is 6.16. The molecule has 0 radical (unpaired) electrons. The predicted molar refractivity (Wildman–Crippen MR) is 137 cm³/mol. The van der Waals surface area contributed by atoms with Crippen LogP contribution in [-0.2, 0) is 11.8 Å². The lowest BCUT2D eigenvalue weighted by atomic mass is 9.86. The first-order chi connectivity index (χ1) is 15.7. The van der Waals surface area contributed by atoms with Crippen molar-refractivity contribution in [1.29, 1.82) is 0 Å². The van der Waals surface area contributed by atoms with E-state index in [4.69, 9.17) is 0 Å². The van der Waals surface area contributed by atoms with Gasteiger partial charge in [-0.25, -0.2) is 0 Å². The molecule has 0 aromatic heterocycles. The van der Waals surface area contributed by atoms with Gasteiger partial charge < -0.3 is 15.1 Å². The van der Waals surface area contributed by atoms with E-state index in [2.05, 4.69) is 85.2 Å². The molecule has 0 bridgehead atoms. The minimum absolute atomic E-state index is 0.00674. The fourth-order valence-electron chi connectivity index (χ4n) is 5.02. The van der Waals surface area contributed by atoms with E-state index in [1.165, 1.54) is 28.8 Å². The minimum atomic E-state index is 0.00674. The molecule has 0 aliphatic carbocycles. The van der Waals surface area contributed by atoms with Crippen LogP contribution >= 0.6 is 0 Å². The maximum Gasteiger partial charge on any atom is 0.251 e. The second kappa shape index (κ2) is 9.86. The monoisotopic (exact) mass is 448 g/mol. The van der Waals surface area contributed by atoms with E-state index in [1.54, 1.807) is 0 Å². The first-order valence-corrected chi connectivity index (χ1v) is 12.4. The van der Waals surface area contributed by atoms with Crippen molar-refractivity contribution in [2.75, 3.05) is 58.3 Å². The summed E-state index contributed by atoms with van der Waals surface area (Å²) in [4.78, 5) is 20.3. The lowest BCUT2D eigenvalue weighted by Crippen LogP contribution is -2.48. The number of benzene rings is 2. The van der Waals surface area contributed by atoms with Crippen molar-refractivity contribution in [3.05, 3.63) is 64.7 Å². The molecule has 0 saturated carbocycles. The first kappa shape index (κ1) is 23.8.